The SMILES string of the molecule is CCNC(=NCc1ncc(C)s1)NCCN1CCN(CC)CC1. The lowest BCUT2D eigenvalue weighted by molar-refractivity contribution is 0.139. The minimum Gasteiger partial charge on any atom is -0.357 e. The van der Waals surface area contributed by atoms with Crippen molar-refractivity contribution in [2.24, 2.45) is 4.99 Å². The van der Waals surface area contributed by atoms with Gasteiger partial charge in [-0.1, -0.05) is 6.92 Å². The first kappa shape index (κ1) is 18.2. The van der Waals surface area contributed by atoms with Crippen LogP contribution in [0.2, 0.25) is 0 Å². The van der Waals surface area contributed by atoms with Gasteiger partial charge in [-0.05, 0) is 20.4 Å². The van der Waals surface area contributed by atoms with Crippen molar-refractivity contribution >= 4 is 17.3 Å². The van der Waals surface area contributed by atoms with Crippen LogP contribution in [0.1, 0.15) is 23.7 Å². The Morgan fingerprint density at radius 2 is 1.96 bits per heavy atom. The summed E-state index contributed by atoms with van der Waals surface area (Å²) in [6.45, 7) is 15.8. The number of piperazine rings is 1. The van der Waals surface area contributed by atoms with E-state index in [0.29, 0.717) is 6.54 Å². The lowest BCUT2D eigenvalue weighted by Crippen LogP contribution is -2.49. The van der Waals surface area contributed by atoms with Gasteiger partial charge in [0.2, 0.25) is 0 Å². The molecule has 6 nitrogen and oxygen atoms in total. The maximum Gasteiger partial charge on any atom is 0.191 e. The van der Waals surface area contributed by atoms with E-state index in [2.05, 4.69) is 51.2 Å². The number of guanidine groups is 1. The maximum absolute atomic E-state index is 4.62. The molecular weight excluding hydrogens is 308 g/mol. The van der Waals surface area contributed by atoms with Crippen LogP contribution in [0.15, 0.2) is 11.2 Å². The standard InChI is InChI=1S/C16H30N6S/c1-4-17-16(20-13-15-19-12-14(3)23-15)18-6-7-22-10-8-21(5-2)9-11-22/h12H,4-11,13H2,1-3H3,(H2,17,18,20). The van der Waals surface area contributed by atoms with Gasteiger partial charge in [0.05, 0.1) is 6.54 Å². The summed E-state index contributed by atoms with van der Waals surface area (Å²) in [6.07, 6.45) is 1.91. The number of likely N-dealkylation sites (N-methyl/N-ethyl adjacent to an activating group) is 1. The maximum atomic E-state index is 4.62. The fraction of sp³-hybridized carbons (Fsp3) is 0.750. The number of rotatable bonds is 7. The number of nitrogens with one attached hydrogen (secondary N) is 2. The summed E-state index contributed by atoms with van der Waals surface area (Å²) in [5, 5.41) is 7.80. The highest BCUT2D eigenvalue weighted by Crippen LogP contribution is 2.11. The minimum atomic E-state index is 0.642. The van der Waals surface area contributed by atoms with Crippen LogP contribution >= 0.6 is 11.3 Å². The van der Waals surface area contributed by atoms with E-state index in [4.69, 9.17) is 0 Å². The van der Waals surface area contributed by atoms with Crippen LogP contribution in [-0.4, -0.2) is 73.1 Å². The molecule has 0 aromatic carbocycles. The molecule has 0 spiro atoms. The average molecular weight is 339 g/mol. The van der Waals surface area contributed by atoms with E-state index in [9.17, 15) is 0 Å². The molecule has 2 heterocycles. The number of aromatic nitrogens is 1. The Labute approximate surface area is 144 Å². The molecule has 1 fully saturated rings. The smallest absolute Gasteiger partial charge is 0.191 e. The Morgan fingerprint density at radius 3 is 2.57 bits per heavy atom. The normalized spacial score (nSPS) is 17.4. The second-order valence-corrected chi connectivity index (χ2v) is 7.08. The monoisotopic (exact) mass is 338 g/mol. The summed E-state index contributed by atoms with van der Waals surface area (Å²) < 4.78 is 0. The molecule has 1 aliphatic heterocycles. The van der Waals surface area contributed by atoms with Crippen LogP contribution in [0.3, 0.4) is 0 Å². The Hall–Kier alpha value is -1.18. The second kappa shape index (κ2) is 9.85. The van der Waals surface area contributed by atoms with E-state index in [1.54, 1.807) is 11.3 Å². The Kier molecular flexibility index (Phi) is 7.78. The Balaban J connectivity index is 1.71. The van der Waals surface area contributed by atoms with Crippen LogP contribution in [-0.2, 0) is 6.54 Å². The molecule has 0 bridgehead atoms. The van der Waals surface area contributed by atoms with Crippen molar-refractivity contribution in [2.45, 2.75) is 27.3 Å². The van der Waals surface area contributed by atoms with Gasteiger partial charge in [-0.15, -0.1) is 11.3 Å². The van der Waals surface area contributed by atoms with E-state index in [1.165, 1.54) is 37.6 Å². The first-order valence-corrected chi connectivity index (χ1v) is 9.41. The average Bonchev–Trinajstić information content (AvgIpc) is 2.99. The number of hydrogen-bond acceptors (Lipinski definition) is 5. The fourth-order valence-corrected chi connectivity index (χ4v) is 3.34. The molecule has 0 saturated carbocycles. The molecule has 23 heavy (non-hydrogen) atoms. The number of aryl methyl sites for hydroxylation is 1. The van der Waals surface area contributed by atoms with Gasteiger partial charge in [0, 0.05) is 56.9 Å². The quantitative estimate of drug-likeness (QED) is 0.577. The van der Waals surface area contributed by atoms with Gasteiger partial charge >= 0.3 is 0 Å². The molecule has 1 aromatic rings. The number of hydrogen-bond donors (Lipinski definition) is 2. The van der Waals surface area contributed by atoms with Crippen molar-refractivity contribution in [3.05, 3.63) is 16.1 Å². The molecule has 0 amide bonds. The van der Waals surface area contributed by atoms with Gasteiger partial charge in [0.1, 0.15) is 5.01 Å². The van der Waals surface area contributed by atoms with Crippen molar-refractivity contribution in [1.82, 2.24) is 25.4 Å². The molecule has 2 rings (SSSR count). The molecule has 130 valence electrons. The number of aliphatic imine (C=N–C) groups is 1. The number of thiazole rings is 1. The highest BCUT2D eigenvalue weighted by Gasteiger charge is 2.14. The van der Waals surface area contributed by atoms with E-state index in [0.717, 1.165) is 30.6 Å². The largest absolute Gasteiger partial charge is 0.357 e. The van der Waals surface area contributed by atoms with Gasteiger partial charge in [0.15, 0.2) is 5.96 Å². The van der Waals surface area contributed by atoms with Crippen LogP contribution in [0.4, 0.5) is 0 Å². The third-order valence-electron chi connectivity index (χ3n) is 4.02. The minimum absolute atomic E-state index is 0.642. The van der Waals surface area contributed by atoms with Crippen molar-refractivity contribution in [3.8, 4) is 0 Å². The van der Waals surface area contributed by atoms with Gasteiger partial charge in [-0.3, -0.25) is 4.90 Å². The van der Waals surface area contributed by atoms with Crippen LogP contribution < -0.4 is 10.6 Å². The summed E-state index contributed by atoms with van der Waals surface area (Å²) in [5.74, 6) is 0.882. The van der Waals surface area contributed by atoms with Gasteiger partial charge in [-0.25, -0.2) is 9.98 Å². The predicted octanol–water partition coefficient (Wildman–Crippen LogP) is 1.14. The topological polar surface area (TPSA) is 55.8 Å². The molecule has 1 saturated heterocycles. The number of nitrogens with zero attached hydrogens (tertiary/aromatic N) is 4. The second-order valence-electron chi connectivity index (χ2n) is 5.76. The molecule has 0 unspecified atom stereocenters. The summed E-state index contributed by atoms with van der Waals surface area (Å²) in [7, 11) is 0. The third-order valence-corrected chi connectivity index (χ3v) is 4.92. The zero-order valence-electron chi connectivity index (χ0n) is 14.6. The molecule has 0 radical (unpaired) electrons. The zero-order valence-corrected chi connectivity index (χ0v) is 15.5. The molecule has 1 aromatic heterocycles. The van der Waals surface area contributed by atoms with Crippen molar-refractivity contribution in [1.29, 1.82) is 0 Å². The molecule has 2 N–H and O–H groups in total. The van der Waals surface area contributed by atoms with E-state index in [1.807, 2.05) is 6.20 Å². The fourth-order valence-electron chi connectivity index (χ4n) is 2.62. The van der Waals surface area contributed by atoms with E-state index < -0.39 is 0 Å². The van der Waals surface area contributed by atoms with E-state index >= 15 is 0 Å². The molecule has 0 atom stereocenters. The van der Waals surface area contributed by atoms with Crippen molar-refractivity contribution < 1.29 is 0 Å². The van der Waals surface area contributed by atoms with Crippen LogP contribution in [0.25, 0.3) is 0 Å². The first-order chi connectivity index (χ1) is 11.2. The van der Waals surface area contributed by atoms with Crippen LogP contribution in [0, 0.1) is 6.92 Å². The Morgan fingerprint density at radius 1 is 1.22 bits per heavy atom. The summed E-state index contributed by atoms with van der Waals surface area (Å²) in [4.78, 5) is 15.2. The third kappa shape index (κ3) is 6.45. The van der Waals surface area contributed by atoms with Crippen molar-refractivity contribution in [2.75, 3.05) is 52.4 Å². The lowest BCUT2D eigenvalue weighted by Gasteiger charge is -2.34. The Bertz CT molecular complexity index is 479. The van der Waals surface area contributed by atoms with Gasteiger partial charge < -0.3 is 15.5 Å². The molecule has 0 aliphatic carbocycles. The molecule has 1 aliphatic rings. The summed E-state index contributed by atoms with van der Waals surface area (Å²) in [6, 6.07) is 0. The molecular formula is C16H30N6S. The zero-order chi connectivity index (χ0) is 16.5. The predicted molar refractivity (Wildman–Crippen MR) is 98.2 cm³/mol. The first-order valence-electron chi connectivity index (χ1n) is 8.59. The van der Waals surface area contributed by atoms with Gasteiger partial charge in [-0.2, -0.15) is 0 Å². The molecule has 7 heteroatoms. The highest BCUT2D eigenvalue weighted by molar-refractivity contribution is 7.11. The summed E-state index contributed by atoms with van der Waals surface area (Å²) >= 11 is 1.71. The van der Waals surface area contributed by atoms with Gasteiger partial charge in [0.25, 0.3) is 0 Å². The van der Waals surface area contributed by atoms with E-state index in [-0.39, 0.29) is 0 Å². The summed E-state index contributed by atoms with van der Waals surface area (Å²) in [5.41, 5.74) is 0. The van der Waals surface area contributed by atoms with Crippen LogP contribution in [0.5, 0.6) is 0 Å². The highest BCUT2D eigenvalue weighted by atomic mass is 32.1. The lowest BCUT2D eigenvalue weighted by atomic mass is 10.3. The van der Waals surface area contributed by atoms with Crippen molar-refractivity contribution in [3.63, 3.8) is 0 Å².